The first-order valence-electron chi connectivity index (χ1n) is 8.99. The van der Waals surface area contributed by atoms with Crippen LogP contribution in [-0.4, -0.2) is 23.9 Å². The van der Waals surface area contributed by atoms with Crippen molar-refractivity contribution in [2.24, 2.45) is 0 Å². The number of benzene rings is 1. The second-order valence-corrected chi connectivity index (χ2v) is 4.90. The summed E-state index contributed by atoms with van der Waals surface area (Å²) in [6.45, 7) is 15.7. The second-order valence-electron chi connectivity index (χ2n) is 4.90. The second kappa shape index (κ2) is 16.1. The summed E-state index contributed by atoms with van der Waals surface area (Å²) in [6.07, 6.45) is 3.45. The van der Waals surface area contributed by atoms with Crippen molar-refractivity contribution in [3.63, 3.8) is 0 Å². The molecule has 0 N–H and O–H groups in total. The molecule has 2 nitrogen and oxygen atoms in total. The lowest BCUT2D eigenvalue weighted by atomic mass is 9.89. The molecule has 0 aliphatic carbocycles. The smallest absolute Gasteiger partial charge is 0.219 e. The molecule has 1 fully saturated rings. The van der Waals surface area contributed by atoms with Crippen LogP contribution in [0, 0.1) is 0 Å². The molecule has 0 radical (unpaired) electrons. The number of hydrogen-bond donors (Lipinski definition) is 0. The van der Waals surface area contributed by atoms with Crippen molar-refractivity contribution in [3.8, 4) is 0 Å². The molecule has 1 aliphatic rings. The fraction of sp³-hybridized carbons (Fsp3) is 0.650. The zero-order valence-corrected chi connectivity index (χ0v) is 15.9. The Labute approximate surface area is 138 Å². The van der Waals surface area contributed by atoms with E-state index in [0.717, 1.165) is 25.9 Å². The van der Waals surface area contributed by atoms with E-state index in [1.54, 1.807) is 6.92 Å². The molecule has 0 aromatic heterocycles. The lowest BCUT2D eigenvalue weighted by Gasteiger charge is -2.31. The third kappa shape index (κ3) is 9.59. The fourth-order valence-corrected chi connectivity index (χ4v) is 2.25. The van der Waals surface area contributed by atoms with Crippen LogP contribution < -0.4 is 0 Å². The van der Waals surface area contributed by atoms with Gasteiger partial charge in [-0.05, 0) is 24.3 Å². The van der Waals surface area contributed by atoms with Gasteiger partial charge in [-0.25, -0.2) is 0 Å². The summed E-state index contributed by atoms with van der Waals surface area (Å²) in [4.78, 5) is 13.1. The van der Waals surface area contributed by atoms with E-state index in [9.17, 15) is 4.79 Å². The highest BCUT2D eigenvalue weighted by Crippen LogP contribution is 2.27. The van der Waals surface area contributed by atoms with Crippen LogP contribution in [0.15, 0.2) is 30.3 Å². The molecule has 22 heavy (non-hydrogen) atoms. The Hall–Kier alpha value is -1.31. The van der Waals surface area contributed by atoms with Crippen LogP contribution in [0.1, 0.15) is 79.2 Å². The van der Waals surface area contributed by atoms with Crippen LogP contribution in [0.2, 0.25) is 0 Å². The van der Waals surface area contributed by atoms with E-state index in [-0.39, 0.29) is 5.91 Å². The van der Waals surface area contributed by atoms with Gasteiger partial charge in [-0.2, -0.15) is 0 Å². The van der Waals surface area contributed by atoms with E-state index in [1.165, 1.54) is 12.0 Å². The van der Waals surface area contributed by atoms with E-state index in [1.807, 2.05) is 38.7 Å². The Bertz CT molecular complexity index is 340. The molecule has 0 atom stereocenters. The molecule has 0 saturated carbocycles. The van der Waals surface area contributed by atoms with Crippen LogP contribution in [0.3, 0.4) is 0 Å². The van der Waals surface area contributed by atoms with Crippen molar-refractivity contribution >= 4 is 5.91 Å². The SMILES string of the molecule is CC.CC.CC(=O)N1CCC(c2ccccc2)CC1.CCC. The minimum absolute atomic E-state index is 0.210. The number of likely N-dealkylation sites (tertiary alicyclic amines) is 1. The average molecular weight is 308 g/mol. The molecule has 1 saturated heterocycles. The van der Waals surface area contributed by atoms with Crippen molar-refractivity contribution in [3.05, 3.63) is 35.9 Å². The van der Waals surface area contributed by atoms with Gasteiger partial charge in [0.15, 0.2) is 0 Å². The third-order valence-corrected chi connectivity index (χ3v) is 3.21. The van der Waals surface area contributed by atoms with Gasteiger partial charge in [0.1, 0.15) is 0 Å². The molecule has 1 aromatic carbocycles. The molecule has 2 heteroatoms. The maximum Gasteiger partial charge on any atom is 0.219 e. The molecule has 128 valence electrons. The first-order valence-corrected chi connectivity index (χ1v) is 8.99. The van der Waals surface area contributed by atoms with Gasteiger partial charge in [-0.3, -0.25) is 4.79 Å². The van der Waals surface area contributed by atoms with Crippen LogP contribution in [-0.2, 0) is 4.79 Å². The Morgan fingerprint density at radius 2 is 1.41 bits per heavy atom. The molecular weight excluding hydrogens is 270 g/mol. The Morgan fingerprint density at radius 1 is 1.00 bits per heavy atom. The monoisotopic (exact) mass is 307 g/mol. The van der Waals surface area contributed by atoms with Crippen molar-refractivity contribution in [2.45, 2.75) is 73.6 Å². The van der Waals surface area contributed by atoms with Crippen molar-refractivity contribution in [1.82, 2.24) is 4.90 Å². The quantitative estimate of drug-likeness (QED) is 0.634. The predicted octanol–water partition coefficient (Wildman–Crippen LogP) is 5.88. The number of carbonyl (C=O) groups is 1. The van der Waals surface area contributed by atoms with Crippen LogP contribution in [0.4, 0.5) is 0 Å². The van der Waals surface area contributed by atoms with Gasteiger partial charge in [-0.15, -0.1) is 0 Å². The van der Waals surface area contributed by atoms with E-state index in [2.05, 4.69) is 38.1 Å². The number of rotatable bonds is 1. The minimum atomic E-state index is 0.210. The Balaban J connectivity index is 0. The first kappa shape index (κ1) is 23.0. The summed E-state index contributed by atoms with van der Waals surface area (Å²) < 4.78 is 0. The number of amides is 1. The van der Waals surface area contributed by atoms with Gasteiger partial charge < -0.3 is 4.90 Å². The Morgan fingerprint density at radius 3 is 1.77 bits per heavy atom. The summed E-state index contributed by atoms with van der Waals surface area (Å²) in [5, 5.41) is 0. The fourth-order valence-electron chi connectivity index (χ4n) is 2.25. The Kier molecular flexibility index (Phi) is 16.8. The molecular formula is C20H37NO. The summed E-state index contributed by atoms with van der Waals surface area (Å²) >= 11 is 0. The molecule has 2 rings (SSSR count). The first-order chi connectivity index (χ1) is 10.7. The van der Waals surface area contributed by atoms with Gasteiger partial charge in [-0.1, -0.05) is 78.3 Å². The van der Waals surface area contributed by atoms with Gasteiger partial charge in [0.25, 0.3) is 0 Å². The van der Waals surface area contributed by atoms with Gasteiger partial charge >= 0.3 is 0 Å². The normalized spacial score (nSPS) is 13.5. The van der Waals surface area contributed by atoms with Gasteiger partial charge in [0, 0.05) is 20.0 Å². The van der Waals surface area contributed by atoms with Gasteiger partial charge in [0.2, 0.25) is 5.91 Å². The van der Waals surface area contributed by atoms with E-state index < -0.39 is 0 Å². The number of hydrogen-bond acceptors (Lipinski definition) is 1. The molecule has 0 bridgehead atoms. The highest BCUT2D eigenvalue weighted by atomic mass is 16.2. The van der Waals surface area contributed by atoms with Crippen molar-refractivity contribution < 1.29 is 4.79 Å². The van der Waals surface area contributed by atoms with Crippen LogP contribution >= 0.6 is 0 Å². The molecule has 1 amide bonds. The van der Waals surface area contributed by atoms with E-state index >= 15 is 0 Å². The maximum absolute atomic E-state index is 11.2. The van der Waals surface area contributed by atoms with E-state index in [4.69, 9.17) is 0 Å². The summed E-state index contributed by atoms with van der Waals surface area (Å²) in [7, 11) is 0. The van der Waals surface area contributed by atoms with Crippen LogP contribution in [0.25, 0.3) is 0 Å². The topological polar surface area (TPSA) is 20.3 Å². The highest BCUT2D eigenvalue weighted by Gasteiger charge is 2.21. The minimum Gasteiger partial charge on any atom is -0.343 e. The van der Waals surface area contributed by atoms with Crippen molar-refractivity contribution in [2.75, 3.05) is 13.1 Å². The zero-order valence-electron chi connectivity index (χ0n) is 15.9. The summed E-state index contributed by atoms with van der Waals surface area (Å²) in [5.74, 6) is 0.850. The highest BCUT2D eigenvalue weighted by molar-refractivity contribution is 5.73. The molecule has 1 aliphatic heterocycles. The molecule has 0 spiro atoms. The van der Waals surface area contributed by atoms with Gasteiger partial charge in [0.05, 0.1) is 0 Å². The molecule has 1 aromatic rings. The lowest BCUT2D eigenvalue weighted by Crippen LogP contribution is -2.36. The molecule has 1 heterocycles. The van der Waals surface area contributed by atoms with Crippen LogP contribution in [0.5, 0.6) is 0 Å². The van der Waals surface area contributed by atoms with Crippen molar-refractivity contribution in [1.29, 1.82) is 0 Å². The molecule has 0 unspecified atom stereocenters. The predicted molar refractivity (Wildman–Crippen MR) is 99.3 cm³/mol. The number of piperidine rings is 1. The summed E-state index contributed by atoms with van der Waals surface area (Å²) in [6, 6.07) is 10.6. The summed E-state index contributed by atoms with van der Waals surface area (Å²) in [5.41, 5.74) is 1.42. The van der Waals surface area contributed by atoms with E-state index in [0.29, 0.717) is 5.92 Å². The standard InChI is InChI=1S/C13H17NO.C3H8.2C2H6/c1-11(15)14-9-7-13(8-10-14)12-5-3-2-4-6-12;1-3-2;2*1-2/h2-6,13H,7-10H2,1H3;3H2,1-2H3;2*1-2H3. The maximum atomic E-state index is 11.2. The average Bonchev–Trinajstić information content (AvgIpc) is 2.60. The number of carbonyl (C=O) groups excluding carboxylic acids is 1. The largest absolute Gasteiger partial charge is 0.343 e. The number of nitrogens with zero attached hydrogens (tertiary/aromatic N) is 1. The third-order valence-electron chi connectivity index (χ3n) is 3.21. The zero-order chi connectivity index (χ0) is 17.4. The lowest BCUT2D eigenvalue weighted by molar-refractivity contribution is -0.129.